The maximum atomic E-state index is 13.0. The molecule has 1 aromatic heterocycles. The molecule has 29 heavy (non-hydrogen) atoms. The Morgan fingerprint density at radius 3 is 3.00 bits per heavy atom. The van der Waals surface area contributed by atoms with E-state index in [0.29, 0.717) is 18.2 Å². The SMILES string of the molecule is CCCCc1ncc(CN2CCCN(C(=O)CC3CCc4ccccc43)CC2)[nH]1. The second-order valence-electron chi connectivity index (χ2n) is 8.61. The number of benzene rings is 1. The van der Waals surface area contributed by atoms with Crippen LogP contribution in [0, 0.1) is 0 Å². The van der Waals surface area contributed by atoms with Crippen LogP contribution >= 0.6 is 0 Å². The van der Waals surface area contributed by atoms with Crippen molar-refractivity contribution in [2.45, 2.75) is 64.3 Å². The maximum Gasteiger partial charge on any atom is 0.223 e. The van der Waals surface area contributed by atoms with Crippen molar-refractivity contribution in [1.29, 1.82) is 0 Å². The summed E-state index contributed by atoms with van der Waals surface area (Å²) in [6.45, 7) is 6.81. The van der Waals surface area contributed by atoms with E-state index in [2.05, 4.69) is 51.0 Å². The van der Waals surface area contributed by atoms with Gasteiger partial charge >= 0.3 is 0 Å². The molecule has 2 heterocycles. The normalized spacial score (nSPS) is 19.9. The lowest BCUT2D eigenvalue weighted by atomic mass is 9.97. The Kier molecular flexibility index (Phi) is 6.65. The fourth-order valence-corrected chi connectivity index (χ4v) is 4.77. The van der Waals surface area contributed by atoms with E-state index in [1.807, 2.05) is 6.20 Å². The number of fused-ring (bicyclic) bond motifs is 1. The highest BCUT2D eigenvalue weighted by atomic mass is 16.2. The van der Waals surface area contributed by atoms with Crippen molar-refractivity contribution in [2.75, 3.05) is 26.2 Å². The first-order valence-corrected chi connectivity index (χ1v) is 11.3. The number of hydrogen-bond acceptors (Lipinski definition) is 3. The molecule has 1 atom stereocenters. The van der Waals surface area contributed by atoms with E-state index in [4.69, 9.17) is 0 Å². The Hall–Kier alpha value is -2.14. The average molecular weight is 395 g/mol. The number of nitrogens with one attached hydrogen (secondary N) is 1. The number of rotatable bonds is 7. The van der Waals surface area contributed by atoms with Crippen LogP contribution < -0.4 is 0 Å². The summed E-state index contributed by atoms with van der Waals surface area (Å²) in [6.07, 6.45) is 9.33. The minimum atomic E-state index is 0.331. The number of H-pyrrole nitrogens is 1. The van der Waals surface area contributed by atoms with Crippen LogP contribution in [0.4, 0.5) is 0 Å². The number of carbonyl (C=O) groups excluding carboxylic acids is 1. The standard InChI is InChI=1S/C24H34N4O/c1-2-3-9-23-25-17-21(26-23)18-27-12-6-13-28(15-14-27)24(29)16-20-11-10-19-7-4-5-8-22(19)20/h4-5,7-8,17,20H,2-3,6,9-16,18H2,1H3,(H,25,26). The van der Waals surface area contributed by atoms with Crippen LogP contribution in [0.3, 0.4) is 0 Å². The summed E-state index contributed by atoms with van der Waals surface area (Å²) in [5, 5.41) is 0. The number of carbonyl (C=O) groups is 1. The number of aromatic nitrogens is 2. The van der Waals surface area contributed by atoms with Gasteiger partial charge in [0.1, 0.15) is 5.82 Å². The summed E-state index contributed by atoms with van der Waals surface area (Å²) in [6, 6.07) is 8.64. The molecule has 2 aromatic rings. The van der Waals surface area contributed by atoms with Crippen molar-refractivity contribution in [3.63, 3.8) is 0 Å². The van der Waals surface area contributed by atoms with Gasteiger partial charge in [-0.05, 0) is 42.7 Å². The van der Waals surface area contributed by atoms with Crippen LogP contribution in [0.2, 0.25) is 0 Å². The third-order valence-corrected chi connectivity index (χ3v) is 6.46. The molecule has 0 radical (unpaired) electrons. The molecule has 1 aliphatic heterocycles. The van der Waals surface area contributed by atoms with Crippen molar-refractivity contribution in [1.82, 2.24) is 19.8 Å². The molecule has 5 nitrogen and oxygen atoms in total. The lowest BCUT2D eigenvalue weighted by Crippen LogP contribution is -2.35. The zero-order valence-corrected chi connectivity index (χ0v) is 17.7. The van der Waals surface area contributed by atoms with Gasteiger partial charge in [0, 0.05) is 57.5 Å². The molecule has 156 valence electrons. The second kappa shape index (κ2) is 9.57. The zero-order valence-electron chi connectivity index (χ0n) is 17.7. The molecule has 1 aliphatic carbocycles. The Morgan fingerprint density at radius 1 is 1.21 bits per heavy atom. The maximum absolute atomic E-state index is 13.0. The lowest BCUT2D eigenvalue weighted by molar-refractivity contribution is -0.131. The van der Waals surface area contributed by atoms with Gasteiger partial charge in [-0.15, -0.1) is 0 Å². The molecule has 1 aromatic carbocycles. The van der Waals surface area contributed by atoms with E-state index in [1.54, 1.807) is 0 Å². The summed E-state index contributed by atoms with van der Waals surface area (Å²) in [5.41, 5.74) is 4.03. The Labute approximate surface area is 174 Å². The van der Waals surface area contributed by atoms with E-state index >= 15 is 0 Å². The summed E-state index contributed by atoms with van der Waals surface area (Å²) in [5.74, 6) is 1.84. The number of aryl methyl sites for hydroxylation is 2. The van der Waals surface area contributed by atoms with Crippen LogP contribution in [0.25, 0.3) is 0 Å². The Balaban J connectivity index is 1.27. The quantitative estimate of drug-likeness (QED) is 0.775. The van der Waals surface area contributed by atoms with Gasteiger partial charge in [0.25, 0.3) is 0 Å². The van der Waals surface area contributed by atoms with Gasteiger partial charge in [-0.3, -0.25) is 9.69 Å². The number of hydrogen-bond donors (Lipinski definition) is 1. The van der Waals surface area contributed by atoms with E-state index in [1.165, 1.54) is 29.7 Å². The average Bonchev–Trinajstić information content (AvgIpc) is 3.28. The minimum absolute atomic E-state index is 0.331. The number of unbranched alkanes of at least 4 members (excludes halogenated alkanes) is 1. The van der Waals surface area contributed by atoms with Crippen molar-refractivity contribution >= 4 is 5.91 Å². The number of aromatic amines is 1. The molecule has 1 fully saturated rings. The molecule has 0 spiro atoms. The first kappa shape index (κ1) is 20.1. The lowest BCUT2D eigenvalue weighted by Gasteiger charge is -2.23. The molecule has 2 aliphatic rings. The fraction of sp³-hybridized carbons (Fsp3) is 0.583. The van der Waals surface area contributed by atoms with Crippen LogP contribution in [0.15, 0.2) is 30.5 Å². The van der Waals surface area contributed by atoms with E-state index in [0.717, 1.165) is 64.2 Å². The molecule has 5 heteroatoms. The van der Waals surface area contributed by atoms with Gasteiger partial charge in [0.05, 0.1) is 0 Å². The first-order valence-electron chi connectivity index (χ1n) is 11.3. The second-order valence-corrected chi connectivity index (χ2v) is 8.61. The van der Waals surface area contributed by atoms with Gasteiger partial charge < -0.3 is 9.88 Å². The summed E-state index contributed by atoms with van der Waals surface area (Å²) in [4.78, 5) is 25.5. The summed E-state index contributed by atoms with van der Waals surface area (Å²) < 4.78 is 0. The fourth-order valence-electron chi connectivity index (χ4n) is 4.77. The van der Waals surface area contributed by atoms with E-state index < -0.39 is 0 Å². The number of nitrogens with zero attached hydrogens (tertiary/aromatic N) is 3. The molecule has 0 saturated carbocycles. The van der Waals surface area contributed by atoms with Crippen LogP contribution in [-0.4, -0.2) is 51.9 Å². The Morgan fingerprint density at radius 2 is 2.10 bits per heavy atom. The molecule has 1 amide bonds. The molecular weight excluding hydrogens is 360 g/mol. The third kappa shape index (κ3) is 5.08. The highest BCUT2D eigenvalue weighted by Crippen LogP contribution is 2.35. The predicted molar refractivity (Wildman–Crippen MR) is 116 cm³/mol. The zero-order chi connectivity index (χ0) is 20.1. The topological polar surface area (TPSA) is 52.2 Å². The summed E-state index contributed by atoms with van der Waals surface area (Å²) in [7, 11) is 0. The van der Waals surface area contributed by atoms with Gasteiger partial charge in [-0.2, -0.15) is 0 Å². The number of amides is 1. The molecular formula is C24H34N4O. The van der Waals surface area contributed by atoms with Crippen LogP contribution in [0.5, 0.6) is 0 Å². The van der Waals surface area contributed by atoms with Crippen molar-refractivity contribution in [3.8, 4) is 0 Å². The van der Waals surface area contributed by atoms with Crippen molar-refractivity contribution in [2.24, 2.45) is 0 Å². The van der Waals surface area contributed by atoms with Gasteiger partial charge in [-0.1, -0.05) is 37.6 Å². The highest BCUT2D eigenvalue weighted by molar-refractivity contribution is 5.77. The highest BCUT2D eigenvalue weighted by Gasteiger charge is 2.27. The predicted octanol–water partition coefficient (Wildman–Crippen LogP) is 3.91. The molecule has 0 bridgehead atoms. The first-order chi connectivity index (χ1) is 14.2. The largest absolute Gasteiger partial charge is 0.345 e. The van der Waals surface area contributed by atoms with Gasteiger partial charge in [0.15, 0.2) is 0 Å². The van der Waals surface area contributed by atoms with Crippen LogP contribution in [-0.2, 0) is 24.2 Å². The molecule has 4 rings (SSSR count). The monoisotopic (exact) mass is 394 g/mol. The van der Waals surface area contributed by atoms with Gasteiger partial charge in [0.2, 0.25) is 5.91 Å². The smallest absolute Gasteiger partial charge is 0.223 e. The van der Waals surface area contributed by atoms with E-state index in [9.17, 15) is 4.79 Å². The van der Waals surface area contributed by atoms with Crippen LogP contribution in [0.1, 0.15) is 67.6 Å². The minimum Gasteiger partial charge on any atom is -0.345 e. The summed E-state index contributed by atoms with van der Waals surface area (Å²) >= 11 is 0. The third-order valence-electron chi connectivity index (χ3n) is 6.46. The number of imidazole rings is 1. The Bertz CT molecular complexity index is 815. The van der Waals surface area contributed by atoms with Crippen molar-refractivity contribution in [3.05, 3.63) is 53.1 Å². The molecule has 1 unspecified atom stereocenters. The molecule has 1 N–H and O–H groups in total. The van der Waals surface area contributed by atoms with E-state index in [-0.39, 0.29) is 0 Å². The molecule has 1 saturated heterocycles. The van der Waals surface area contributed by atoms with Crippen molar-refractivity contribution < 1.29 is 4.79 Å². The van der Waals surface area contributed by atoms with Gasteiger partial charge in [-0.25, -0.2) is 4.98 Å².